The van der Waals surface area contributed by atoms with Crippen LogP contribution in [-0.2, 0) is 9.53 Å². The van der Waals surface area contributed by atoms with Gasteiger partial charge in [-0.05, 0) is 19.3 Å². The number of nitrogens with one attached hydrogen (secondary N) is 2. The van der Waals surface area contributed by atoms with E-state index < -0.39 is 5.97 Å². The molecule has 2 amide bonds. The van der Waals surface area contributed by atoms with Crippen molar-refractivity contribution in [1.82, 2.24) is 10.6 Å². The second kappa shape index (κ2) is 9.70. The molecule has 2 atom stereocenters. The highest BCUT2D eigenvalue weighted by molar-refractivity contribution is 5.74. The molecule has 0 aliphatic heterocycles. The second-order valence-corrected chi connectivity index (χ2v) is 4.34. The first-order chi connectivity index (χ1) is 8.51. The van der Waals surface area contributed by atoms with Crippen LogP contribution >= 0.6 is 0 Å². The first-order valence-electron chi connectivity index (χ1n) is 6.27. The molecule has 0 spiro atoms. The summed E-state index contributed by atoms with van der Waals surface area (Å²) < 4.78 is 4.97. The Morgan fingerprint density at radius 1 is 1.39 bits per heavy atom. The van der Waals surface area contributed by atoms with Gasteiger partial charge >= 0.3 is 12.0 Å². The van der Waals surface area contributed by atoms with Gasteiger partial charge in [0.15, 0.2) is 0 Å². The smallest absolute Gasteiger partial charge is 0.315 e. The summed E-state index contributed by atoms with van der Waals surface area (Å²) in [6, 6.07) is -0.227. The number of amides is 2. The van der Waals surface area contributed by atoms with Crippen LogP contribution in [0.4, 0.5) is 4.79 Å². The molecule has 6 heteroatoms. The van der Waals surface area contributed by atoms with Gasteiger partial charge in [0.25, 0.3) is 0 Å². The van der Waals surface area contributed by atoms with E-state index in [0.717, 1.165) is 6.42 Å². The summed E-state index contributed by atoms with van der Waals surface area (Å²) in [4.78, 5) is 22.0. The van der Waals surface area contributed by atoms with Crippen LogP contribution in [0.2, 0.25) is 0 Å². The molecule has 0 rings (SSSR count). The molecule has 0 saturated carbocycles. The lowest BCUT2D eigenvalue weighted by Gasteiger charge is -2.16. The minimum Gasteiger partial charge on any atom is -0.481 e. The van der Waals surface area contributed by atoms with Gasteiger partial charge in [0.2, 0.25) is 0 Å². The predicted molar refractivity (Wildman–Crippen MR) is 68.5 cm³/mol. The van der Waals surface area contributed by atoms with Crippen molar-refractivity contribution in [1.29, 1.82) is 0 Å². The van der Waals surface area contributed by atoms with E-state index in [4.69, 9.17) is 9.84 Å². The van der Waals surface area contributed by atoms with Gasteiger partial charge < -0.3 is 20.5 Å². The lowest BCUT2D eigenvalue weighted by atomic mass is 10.1. The maximum atomic E-state index is 11.5. The Morgan fingerprint density at radius 3 is 2.56 bits per heavy atom. The van der Waals surface area contributed by atoms with E-state index in [0.29, 0.717) is 26.0 Å². The van der Waals surface area contributed by atoms with Crippen molar-refractivity contribution in [2.45, 2.75) is 39.2 Å². The Kier molecular flexibility index (Phi) is 9.00. The van der Waals surface area contributed by atoms with Gasteiger partial charge in [0.05, 0.1) is 18.6 Å². The van der Waals surface area contributed by atoms with Gasteiger partial charge in [-0.2, -0.15) is 0 Å². The molecule has 6 nitrogen and oxygen atoms in total. The second-order valence-electron chi connectivity index (χ2n) is 4.34. The van der Waals surface area contributed by atoms with E-state index in [-0.39, 0.29) is 18.0 Å². The van der Waals surface area contributed by atoms with Crippen molar-refractivity contribution < 1.29 is 19.4 Å². The average Bonchev–Trinajstić information content (AvgIpc) is 2.33. The molecule has 0 heterocycles. The number of carboxylic acid groups (broad SMARTS) is 1. The van der Waals surface area contributed by atoms with Gasteiger partial charge in [0.1, 0.15) is 0 Å². The predicted octanol–water partition coefficient (Wildman–Crippen LogP) is 1.21. The fourth-order valence-corrected chi connectivity index (χ4v) is 1.43. The lowest BCUT2D eigenvalue weighted by Crippen LogP contribution is -2.44. The van der Waals surface area contributed by atoms with Gasteiger partial charge in [-0.1, -0.05) is 13.8 Å². The van der Waals surface area contributed by atoms with Crippen molar-refractivity contribution in [3.8, 4) is 0 Å². The molecule has 0 saturated heterocycles. The summed E-state index contributed by atoms with van der Waals surface area (Å²) in [5.41, 5.74) is 0. The number of aliphatic carboxylic acids is 1. The Labute approximate surface area is 108 Å². The third-order valence-corrected chi connectivity index (χ3v) is 2.72. The standard InChI is InChI=1S/C12H24N2O4/c1-4-10(8-18-3)14-12(17)13-7-5-6-9(2)11(15)16/h9-10H,4-8H2,1-3H3,(H,15,16)(H2,13,14,17). The number of urea groups is 1. The van der Waals surface area contributed by atoms with Crippen LogP contribution < -0.4 is 10.6 Å². The number of carboxylic acids is 1. The number of hydrogen-bond donors (Lipinski definition) is 3. The number of ether oxygens (including phenoxy) is 1. The zero-order chi connectivity index (χ0) is 14.0. The number of methoxy groups -OCH3 is 1. The van der Waals surface area contributed by atoms with E-state index in [1.165, 1.54) is 0 Å². The SMILES string of the molecule is CCC(COC)NC(=O)NCCCC(C)C(=O)O. The van der Waals surface area contributed by atoms with Crippen molar-refractivity contribution in [3.63, 3.8) is 0 Å². The maximum absolute atomic E-state index is 11.5. The van der Waals surface area contributed by atoms with Crippen LogP contribution in [0.3, 0.4) is 0 Å². The zero-order valence-electron chi connectivity index (χ0n) is 11.4. The summed E-state index contributed by atoms with van der Waals surface area (Å²) in [6.45, 7) is 4.60. The Morgan fingerprint density at radius 2 is 2.06 bits per heavy atom. The molecular weight excluding hydrogens is 236 g/mol. The third-order valence-electron chi connectivity index (χ3n) is 2.72. The first-order valence-corrected chi connectivity index (χ1v) is 6.27. The highest BCUT2D eigenvalue weighted by atomic mass is 16.5. The van der Waals surface area contributed by atoms with Crippen molar-refractivity contribution in [2.24, 2.45) is 5.92 Å². The third kappa shape index (κ3) is 7.89. The molecule has 0 aromatic rings. The van der Waals surface area contributed by atoms with Crippen molar-refractivity contribution in [2.75, 3.05) is 20.3 Å². The molecule has 0 radical (unpaired) electrons. The quantitative estimate of drug-likeness (QED) is 0.544. The minimum atomic E-state index is -0.800. The van der Waals surface area contributed by atoms with Crippen LogP contribution in [0, 0.1) is 5.92 Å². The lowest BCUT2D eigenvalue weighted by molar-refractivity contribution is -0.141. The topological polar surface area (TPSA) is 87.7 Å². The fraction of sp³-hybridized carbons (Fsp3) is 0.833. The van der Waals surface area contributed by atoms with E-state index in [2.05, 4.69) is 10.6 Å². The maximum Gasteiger partial charge on any atom is 0.315 e. The fourth-order valence-electron chi connectivity index (χ4n) is 1.43. The molecule has 18 heavy (non-hydrogen) atoms. The molecule has 0 fully saturated rings. The van der Waals surface area contributed by atoms with Crippen LogP contribution in [-0.4, -0.2) is 43.4 Å². The van der Waals surface area contributed by atoms with E-state index in [1.54, 1.807) is 14.0 Å². The minimum absolute atomic E-state index is 0.00735. The average molecular weight is 260 g/mol. The van der Waals surface area contributed by atoms with Gasteiger partial charge in [-0.25, -0.2) is 4.79 Å². The Balaban J connectivity index is 3.67. The van der Waals surface area contributed by atoms with Crippen LogP contribution in [0.1, 0.15) is 33.1 Å². The van der Waals surface area contributed by atoms with Crippen molar-refractivity contribution >= 4 is 12.0 Å². The van der Waals surface area contributed by atoms with Crippen molar-refractivity contribution in [3.05, 3.63) is 0 Å². The van der Waals surface area contributed by atoms with E-state index in [9.17, 15) is 9.59 Å². The summed E-state index contributed by atoms with van der Waals surface area (Å²) in [7, 11) is 1.59. The monoisotopic (exact) mass is 260 g/mol. The Hall–Kier alpha value is -1.30. The van der Waals surface area contributed by atoms with E-state index >= 15 is 0 Å². The number of rotatable bonds is 9. The molecule has 2 unspecified atom stereocenters. The van der Waals surface area contributed by atoms with Gasteiger partial charge in [-0.3, -0.25) is 4.79 Å². The largest absolute Gasteiger partial charge is 0.481 e. The molecule has 0 aromatic heterocycles. The van der Waals surface area contributed by atoms with E-state index in [1.807, 2.05) is 6.92 Å². The number of carbonyl (C=O) groups is 2. The zero-order valence-corrected chi connectivity index (χ0v) is 11.4. The molecule has 0 aliphatic carbocycles. The summed E-state index contributed by atoms with van der Waals surface area (Å²) >= 11 is 0. The van der Waals surface area contributed by atoms with Gasteiger partial charge in [-0.15, -0.1) is 0 Å². The summed E-state index contributed by atoms with van der Waals surface area (Å²) in [6.07, 6.45) is 2.02. The number of hydrogen-bond acceptors (Lipinski definition) is 3. The molecule has 0 aromatic carbocycles. The molecule has 106 valence electrons. The molecular formula is C12H24N2O4. The van der Waals surface area contributed by atoms with Crippen LogP contribution in [0.5, 0.6) is 0 Å². The molecule has 0 aliphatic rings. The van der Waals surface area contributed by atoms with Crippen LogP contribution in [0.15, 0.2) is 0 Å². The number of carbonyl (C=O) groups excluding carboxylic acids is 1. The normalized spacial score (nSPS) is 13.7. The van der Waals surface area contributed by atoms with Crippen LogP contribution in [0.25, 0.3) is 0 Å². The molecule has 0 bridgehead atoms. The van der Waals surface area contributed by atoms with Gasteiger partial charge in [0, 0.05) is 13.7 Å². The summed E-state index contributed by atoms with van der Waals surface area (Å²) in [5, 5.41) is 14.2. The Bertz CT molecular complexity index is 258. The highest BCUT2D eigenvalue weighted by Gasteiger charge is 2.11. The molecule has 3 N–H and O–H groups in total. The first kappa shape index (κ1) is 16.7. The highest BCUT2D eigenvalue weighted by Crippen LogP contribution is 2.04. The summed E-state index contributed by atoms with van der Waals surface area (Å²) in [5.74, 6) is -1.17.